The number of rotatable bonds is 4. The summed E-state index contributed by atoms with van der Waals surface area (Å²) in [6.07, 6.45) is 6.44. The molecule has 100 valence electrons. The van der Waals surface area contributed by atoms with E-state index in [1.54, 1.807) is 0 Å². The van der Waals surface area contributed by atoms with Crippen molar-refractivity contribution in [2.75, 3.05) is 39.9 Å². The molecule has 0 aliphatic carbocycles. The molecular formula is C14H28N2O. The van der Waals surface area contributed by atoms with Crippen molar-refractivity contribution in [3.63, 3.8) is 0 Å². The topological polar surface area (TPSA) is 24.5 Å². The molecule has 0 atom stereocenters. The molecule has 0 radical (unpaired) electrons. The highest BCUT2D eigenvalue weighted by Crippen LogP contribution is 2.34. The smallest absolute Gasteiger partial charge is 0.0480 e. The predicted octanol–water partition coefficient (Wildman–Crippen LogP) is 1.88. The van der Waals surface area contributed by atoms with Crippen LogP contribution in [0.3, 0.4) is 0 Å². The van der Waals surface area contributed by atoms with Crippen LogP contribution in [0.4, 0.5) is 0 Å². The van der Waals surface area contributed by atoms with Gasteiger partial charge in [0.2, 0.25) is 0 Å². The van der Waals surface area contributed by atoms with Crippen molar-refractivity contribution in [2.24, 2.45) is 5.41 Å². The quantitative estimate of drug-likeness (QED) is 0.812. The molecule has 0 unspecified atom stereocenters. The Labute approximate surface area is 106 Å². The summed E-state index contributed by atoms with van der Waals surface area (Å²) in [7, 11) is 2.31. The molecule has 17 heavy (non-hydrogen) atoms. The van der Waals surface area contributed by atoms with Gasteiger partial charge in [0.05, 0.1) is 0 Å². The Morgan fingerprint density at radius 1 is 1.24 bits per heavy atom. The van der Waals surface area contributed by atoms with E-state index < -0.39 is 0 Å². The summed E-state index contributed by atoms with van der Waals surface area (Å²) in [4.78, 5) is 2.61. The van der Waals surface area contributed by atoms with Gasteiger partial charge in [0.1, 0.15) is 0 Å². The van der Waals surface area contributed by atoms with Gasteiger partial charge in [-0.25, -0.2) is 0 Å². The molecular weight excluding hydrogens is 212 g/mol. The number of piperidine rings is 1. The second-order valence-electron chi connectivity index (χ2n) is 5.86. The third-order valence-electron chi connectivity index (χ3n) is 4.81. The van der Waals surface area contributed by atoms with Crippen LogP contribution in [-0.4, -0.2) is 50.8 Å². The second-order valence-corrected chi connectivity index (χ2v) is 5.86. The molecule has 0 aromatic carbocycles. The number of hydrogen-bond acceptors (Lipinski definition) is 3. The number of nitrogens with one attached hydrogen (secondary N) is 1. The largest absolute Gasteiger partial charge is 0.381 e. The first kappa shape index (κ1) is 13.3. The van der Waals surface area contributed by atoms with Gasteiger partial charge in [0.15, 0.2) is 0 Å². The van der Waals surface area contributed by atoms with Crippen LogP contribution in [0.25, 0.3) is 0 Å². The Morgan fingerprint density at radius 2 is 1.88 bits per heavy atom. The molecule has 2 aliphatic heterocycles. The van der Waals surface area contributed by atoms with E-state index >= 15 is 0 Å². The highest BCUT2D eigenvalue weighted by atomic mass is 16.5. The van der Waals surface area contributed by atoms with Crippen LogP contribution < -0.4 is 5.32 Å². The first-order valence-corrected chi connectivity index (χ1v) is 7.24. The molecule has 3 heteroatoms. The maximum atomic E-state index is 5.45. The van der Waals surface area contributed by atoms with Crippen molar-refractivity contribution in [1.82, 2.24) is 10.2 Å². The summed E-state index contributed by atoms with van der Waals surface area (Å²) in [6.45, 7) is 7.95. The molecule has 0 saturated carbocycles. The van der Waals surface area contributed by atoms with Crippen LogP contribution in [-0.2, 0) is 4.74 Å². The van der Waals surface area contributed by atoms with Crippen LogP contribution in [0, 0.1) is 5.41 Å². The van der Waals surface area contributed by atoms with E-state index in [-0.39, 0.29) is 0 Å². The molecule has 3 nitrogen and oxygen atoms in total. The number of nitrogens with zero attached hydrogens (tertiary/aromatic N) is 1. The van der Waals surface area contributed by atoms with Crippen LogP contribution in [0.1, 0.15) is 39.0 Å². The van der Waals surface area contributed by atoms with Crippen LogP contribution in [0.5, 0.6) is 0 Å². The second kappa shape index (κ2) is 6.17. The first-order valence-electron chi connectivity index (χ1n) is 7.24. The molecule has 0 spiro atoms. The average molecular weight is 240 g/mol. The summed E-state index contributed by atoms with van der Waals surface area (Å²) < 4.78 is 5.45. The molecule has 0 aromatic heterocycles. The Kier molecular flexibility index (Phi) is 4.83. The van der Waals surface area contributed by atoms with Crippen molar-refractivity contribution in [1.29, 1.82) is 0 Å². The third kappa shape index (κ3) is 3.43. The zero-order valence-electron chi connectivity index (χ0n) is 11.5. The maximum Gasteiger partial charge on any atom is 0.0480 e. The lowest BCUT2D eigenvalue weighted by molar-refractivity contribution is 0.0201. The van der Waals surface area contributed by atoms with E-state index in [2.05, 4.69) is 24.2 Å². The highest BCUT2D eigenvalue weighted by molar-refractivity contribution is 4.87. The van der Waals surface area contributed by atoms with Crippen molar-refractivity contribution >= 4 is 0 Å². The van der Waals surface area contributed by atoms with E-state index in [9.17, 15) is 0 Å². The van der Waals surface area contributed by atoms with Gasteiger partial charge in [-0.3, -0.25) is 0 Å². The van der Waals surface area contributed by atoms with E-state index in [0.717, 1.165) is 19.3 Å². The first-order chi connectivity index (χ1) is 8.26. The predicted molar refractivity (Wildman–Crippen MR) is 71.3 cm³/mol. The zero-order chi connectivity index (χ0) is 12.1. The van der Waals surface area contributed by atoms with E-state index in [1.165, 1.54) is 51.7 Å². The fourth-order valence-corrected chi connectivity index (χ4v) is 3.36. The average Bonchev–Trinajstić information content (AvgIpc) is 2.41. The van der Waals surface area contributed by atoms with Gasteiger partial charge < -0.3 is 15.0 Å². The molecule has 2 aliphatic rings. The molecule has 2 rings (SSSR count). The third-order valence-corrected chi connectivity index (χ3v) is 4.81. The van der Waals surface area contributed by atoms with Crippen LogP contribution in [0.2, 0.25) is 0 Å². The lowest BCUT2D eigenvalue weighted by Crippen LogP contribution is -2.47. The number of ether oxygens (including phenoxy) is 1. The van der Waals surface area contributed by atoms with Crippen molar-refractivity contribution in [3.8, 4) is 0 Å². The van der Waals surface area contributed by atoms with Gasteiger partial charge in [0, 0.05) is 25.8 Å². The molecule has 0 bridgehead atoms. The summed E-state index contributed by atoms with van der Waals surface area (Å²) in [5.41, 5.74) is 0.568. The normalized spacial score (nSPS) is 26.3. The van der Waals surface area contributed by atoms with E-state index in [1.807, 2.05) is 0 Å². The fourth-order valence-electron chi connectivity index (χ4n) is 3.36. The van der Waals surface area contributed by atoms with Gasteiger partial charge >= 0.3 is 0 Å². The zero-order valence-corrected chi connectivity index (χ0v) is 11.5. The Balaban J connectivity index is 1.88. The minimum absolute atomic E-state index is 0.568. The standard InChI is InChI=1S/C14H28N2O/c1-3-14(6-8-15-9-7-14)12-16(2)13-4-10-17-11-5-13/h13,15H,3-12H2,1-2H3. The summed E-state index contributed by atoms with van der Waals surface area (Å²) in [6, 6.07) is 0.752. The van der Waals surface area contributed by atoms with Crippen molar-refractivity contribution in [2.45, 2.75) is 45.1 Å². The van der Waals surface area contributed by atoms with Crippen LogP contribution in [0.15, 0.2) is 0 Å². The fraction of sp³-hybridized carbons (Fsp3) is 1.00. The summed E-state index contributed by atoms with van der Waals surface area (Å²) in [5, 5.41) is 3.49. The maximum absolute atomic E-state index is 5.45. The lowest BCUT2D eigenvalue weighted by atomic mass is 9.76. The summed E-state index contributed by atoms with van der Waals surface area (Å²) in [5.74, 6) is 0. The van der Waals surface area contributed by atoms with Gasteiger partial charge in [-0.15, -0.1) is 0 Å². The molecule has 2 fully saturated rings. The molecule has 2 saturated heterocycles. The van der Waals surface area contributed by atoms with Gasteiger partial charge in [-0.1, -0.05) is 6.92 Å². The van der Waals surface area contributed by atoms with Crippen molar-refractivity contribution < 1.29 is 4.74 Å². The molecule has 2 heterocycles. The van der Waals surface area contributed by atoms with Gasteiger partial charge in [-0.2, -0.15) is 0 Å². The SMILES string of the molecule is CCC1(CN(C)C2CCOCC2)CCNCC1. The molecule has 1 N–H and O–H groups in total. The Bertz CT molecular complexity index is 220. The minimum Gasteiger partial charge on any atom is -0.381 e. The van der Waals surface area contributed by atoms with E-state index in [4.69, 9.17) is 4.74 Å². The lowest BCUT2D eigenvalue weighted by Gasteiger charge is -2.43. The van der Waals surface area contributed by atoms with Gasteiger partial charge in [-0.05, 0) is 57.7 Å². The Morgan fingerprint density at radius 3 is 2.47 bits per heavy atom. The van der Waals surface area contributed by atoms with Gasteiger partial charge in [0.25, 0.3) is 0 Å². The Hall–Kier alpha value is -0.120. The molecule has 0 amide bonds. The number of hydrogen-bond donors (Lipinski definition) is 1. The van der Waals surface area contributed by atoms with Crippen LogP contribution >= 0.6 is 0 Å². The minimum atomic E-state index is 0.568. The monoisotopic (exact) mass is 240 g/mol. The highest BCUT2D eigenvalue weighted by Gasteiger charge is 2.33. The van der Waals surface area contributed by atoms with E-state index in [0.29, 0.717) is 5.41 Å². The van der Waals surface area contributed by atoms with Crippen molar-refractivity contribution in [3.05, 3.63) is 0 Å². The summed E-state index contributed by atoms with van der Waals surface area (Å²) >= 11 is 0. The molecule has 0 aromatic rings.